The van der Waals surface area contributed by atoms with Gasteiger partial charge in [0, 0.05) is 17.6 Å². The monoisotopic (exact) mass is 258 g/mol. The molecule has 0 aliphatic carbocycles. The number of ether oxygens (including phenoxy) is 1. The maximum absolute atomic E-state index is 10.8. The Morgan fingerprint density at radius 3 is 2.88 bits per heavy atom. The average molecular weight is 259 g/mol. The Kier molecular flexibility index (Phi) is 5.72. The summed E-state index contributed by atoms with van der Waals surface area (Å²) in [6.45, 7) is 4.03. The molecule has 94 valence electrons. The van der Waals surface area contributed by atoms with E-state index in [9.17, 15) is 10.1 Å². The van der Waals surface area contributed by atoms with Crippen LogP contribution in [0.1, 0.15) is 13.3 Å². The molecule has 0 aliphatic rings. The Morgan fingerprint density at radius 1 is 1.47 bits per heavy atom. The molecule has 0 aliphatic heterocycles. The number of halogens is 1. The molecular formula is C11H15ClN2O3. The van der Waals surface area contributed by atoms with Crippen LogP contribution in [0.25, 0.3) is 0 Å². The summed E-state index contributed by atoms with van der Waals surface area (Å²) in [7, 11) is 0. The molecule has 0 fully saturated rings. The van der Waals surface area contributed by atoms with Crippen LogP contribution in [0.5, 0.6) is 5.75 Å². The average Bonchev–Trinajstić information content (AvgIpc) is 2.30. The third kappa shape index (κ3) is 4.58. The lowest BCUT2D eigenvalue weighted by Gasteiger charge is -2.07. The maximum Gasteiger partial charge on any atom is 0.312 e. The normalized spacial score (nSPS) is 10.2. The van der Waals surface area contributed by atoms with E-state index in [1.165, 1.54) is 12.1 Å². The van der Waals surface area contributed by atoms with Crippen LogP contribution < -0.4 is 10.1 Å². The standard InChI is InChI=1S/C11H15ClN2O3/c1-2-5-13-6-7-17-11-4-3-9(12)8-10(11)14(15)16/h3-4,8,13H,2,5-7H2,1H3. The zero-order chi connectivity index (χ0) is 12.7. The van der Waals surface area contributed by atoms with E-state index >= 15 is 0 Å². The molecule has 0 aromatic heterocycles. The van der Waals surface area contributed by atoms with E-state index in [1.807, 2.05) is 0 Å². The maximum atomic E-state index is 10.8. The molecule has 0 amide bonds. The summed E-state index contributed by atoms with van der Waals surface area (Å²) in [5.41, 5.74) is -0.104. The van der Waals surface area contributed by atoms with Gasteiger partial charge in [0.25, 0.3) is 0 Å². The highest BCUT2D eigenvalue weighted by molar-refractivity contribution is 6.30. The highest BCUT2D eigenvalue weighted by atomic mass is 35.5. The number of hydrogen-bond donors (Lipinski definition) is 1. The van der Waals surface area contributed by atoms with Crippen molar-refractivity contribution in [1.29, 1.82) is 0 Å². The molecule has 5 nitrogen and oxygen atoms in total. The molecule has 6 heteroatoms. The van der Waals surface area contributed by atoms with Gasteiger partial charge >= 0.3 is 5.69 Å². The zero-order valence-electron chi connectivity index (χ0n) is 9.61. The molecule has 1 aromatic carbocycles. The highest BCUT2D eigenvalue weighted by Crippen LogP contribution is 2.29. The molecule has 0 spiro atoms. The fourth-order valence-corrected chi connectivity index (χ4v) is 1.46. The van der Waals surface area contributed by atoms with Crippen molar-refractivity contribution in [3.63, 3.8) is 0 Å². The minimum Gasteiger partial charge on any atom is -0.485 e. The van der Waals surface area contributed by atoms with Gasteiger partial charge in [-0.2, -0.15) is 0 Å². The number of benzene rings is 1. The summed E-state index contributed by atoms with van der Waals surface area (Å²) in [6.07, 6.45) is 1.04. The van der Waals surface area contributed by atoms with Crippen LogP contribution >= 0.6 is 11.6 Å². The summed E-state index contributed by atoms with van der Waals surface area (Å²) in [5, 5.41) is 14.2. The first-order valence-electron chi connectivity index (χ1n) is 5.42. The number of nitro groups is 1. The number of rotatable bonds is 7. The van der Waals surface area contributed by atoms with Gasteiger partial charge in [0.1, 0.15) is 6.61 Å². The number of nitrogens with one attached hydrogen (secondary N) is 1. The molecule has 0 radical (unpaired) electrons. The quantitative estimate of drug-likeness (QED) is 0.464. The molecule has 1 rings (SSSR count). The van der Waals surface area contributed by atoms with Crippen LogP contribution in [-0.2, 0) is 0 Å². The molecule has 0 bridgehead atoms. The van der Waals surface area contributed by atoms with Crippen molar-refractivity contribution in [1.82, 2.24) is 5.32 Å². The Balaban J connectivity index is 2.55. The first-order chi connectivity index (χ1) is 8.15. The summed E-state index contributed by atoms with van der Waals surface area (Å²) >= 11 is 5.69. The summed E-state index contributed by atoms with van der Waals surface area (Å²) in [5.74, 6) is 0.248. The van der Waals surface area contributed by atoms with Crippen molar-refractivity contribution in [3.05, 3.63) is 33.3 Å². The van der Waals surface area contributed by atoms with Crippen molar-refractivity contribution >= 4 is 17.3 Å². The number of nitro benzene ring substituents is 1. The molecule has 0 unspecified atom stereocenters. The first kappa shape index (κ1) is 13.7. The second kappa shape index (κ2) is 7.09. The Bertz CT molecular complexity index is 385. The summed E-state index contributed by atoms with van der Waals surface area (Å²) < 4.78 is 5.34. The summed E-state index contributed by atoms with van der Waals surface area (Å²) in [4.78, 5) is 10.3. The van der Waals surface area contributed by atoms with Crippen LogP contribution in [0, 0.1) is 10.1 Å². The van der Waals surface area contributed by atoms with Crippen LogP contribution in [0.4, 0.5) is 5.69 Å². The van der Waals surface area contributed by atoms with Crippen LogP contribution in [0.2, 0.25) is 5.02 Å². The van der Waals surface area contributed by atoms with Crippen molar-refractivity contribution < 1.29 is 9.66 Å². The second-order valence-corrected chi connectivity index (χ2v) is 3.90. The van der Waals surface area contributed by atoms with Crippen LogP contribution in [0.15, 0.2) is 18.2 Å². The predicted octanol–water partition coefficient (Wildman–Crippen LogP) is 2.63. The van der Waals surface area contributed by atoms with Crippen molar-refractivity contribution in [2.45, 2.75) is 13.3 Å². The van der Waals surface area contributed by atoms with Crippen LogP contribution in [-0.4, -0.2) is 24.6 Å². The van der Waals surface area contributed by atoms with Crippen molar-refractivity contribution in [3.8, 4) is 5.75 Å². The lowest BCUT2D eigenvalue weighted by molar-refractivity contribution is -0.385. The Hall–Kier alpha value is -1.33. The number of hydrogen-bond acceptors (Lipinski definition) is 4. The Labute approximate surface area is 105 Å². The largest absolute Gasteiger partial charge is 0.485 e. The molecule has 0 heterocycles. The van der Waals surface area contributed by atoms with E-state index in [0.29, 0.717) is 18.2 Å². The van der Waals surface area contributed by atoms with Gasteiger partial charge in [-0.25, -0.2) is 0 Å². The number of nitrogens with zero attached hydrogens (tertiary/aromatic N) is 1. The van der Waals surface area contributed by atoms with Crippen molar-refractivity contribution in [2.24, 2.45) is 0 Å². The smallest absolute Gasteiger partial charge is 0.312 e. The predicted molar refractivity (Wildman–Crippen MR) is 66.8 cm³/mol. The van der Waals surface area contributed by atoms with E-state index < -0.39 is 4.92 Å². The fourth-order valence-electron chi connectivity index (χ4n) is 1.29. The van der Waals surface area contributed by atoms with Gasteiger partial charge in [-0.1, -0.05) is 18.5 Å². The fraction of sp³-hybridized carbons (Fsp3) is 0.455. The lowest BCUT2D eigenvalue weighted by atomic mass is 10.3. The molecule has 1 N–H and O–H groups in total. The van der Waals surface area contributed by atoms with E-state index in [4.69, 9.17) is 16.3 Å². The van der Waals surface area contributed by atoms with E-state index in [2.05, 4.69) is 12.2 Å². The molecule has 0 saturated carbocycles. The zero-order valence-corrected chi connectivity index (χ0v) is 10.4. The lowest BCUT2D eigenvalue weighted by Crippen LogP contribution is -2.21. The minimum absolute atomic E-state index is 0.104. The topological polar surface area (TPSA) is 64.4 Å². The summed E-state index contributed by atoms with van der Waals surface area (Å²) in [6, 6.07) is 4.38. The molecule has 17 heavy (non-hydrogen) atoms. The van der Waals surface area contributed by atoms with E-state index in [1.54, 1.807) is 6.07 Å². The van der Waals surface area contributed by atoms with Crippen LogP contribution in [0.3, 0.4) is 0 Å². The van der Waals surface area contributed by atoms with Gasteiger partial charge in [-0.05, 0) is 25.1 Å². The van der Waals surface area contributed by atoms with E-state index in [0.717, 1.165) is 13.0 Å². The third-order valence-electron chi connectivity index (χ3n) is 2.08. The van der Waals surface area contributed by atoms with Gasteiger partial charge in [-0.15, -0.1) is 0 Å². The molecule has 0 saturated heterocycles. The van der Waals surface area contributed by atoms with Gasteiger partial charge in [-0.3, -0.25) is 10.1 Å². The Morgan fingerprint density at radius 2 is 2.24 bits per heavy atom. The van der Waals surface area contributed by atoms with Gasteiger partial charge in [0.15, 0.2) is 5.75 Å². The second-order valence-electron chi connectivity index (χ2n) is 3.47. The molecule has 0 atom stereocenters. The minimum atomic E-state index is -0.499. The molecular weight excluding hydrogens is 244 g/mol. The molecule has 1 aromatic rings. The third-order valence-corrected chi connectivity index (χ3v) is 2.32. The van der Waals surface area contributed by atoms with Gasteiger partial charge in [0.2, 0.25) is 0 Å². The van der Waals surface area contributed by atoms with Crippen molar-refractivity contribution in [2.75, 3.05) is 19.7 Å². The first-order valence-corrected chi connectivity index (χ1v) is 5.80. The highest BCUT2D eigenvalue weighted by Gasteiger charge is 2.15. The SMILES string of the molecule is CCCNCCOc1ccc(Cl)cc1[N+](=O)[O-]. The van der Waals surface area contributed by atoms with E-state index in [-0.39, 0.29) is 11.4 Å². The van der Waals surface area contributed by atoms with Gasteiger partial charge in [0.05, 0.1) is 4.92 Å². The van der Waals surface area contributed by atoms with Gasteiger partial charge < -0.3 is 10.1 Å².